The second kappa shape index (κ2) is 6.45. The Hall–Kier alpha value is -3.06. The normalized spacial score (nSPS) is 10.9. The summed E-state index contributed by atoms with van der Waals surface area (Å²) < 4.78 is 1.82. The molecule has 0 fully saturated rings. The minimum absolute atomic E-state index is 0.288. The molecule has 0 bridgehead atoms. The highest BCUT2D eigenvalue weighted by Gasteiger charge is 2.14. The lowest BCUT2D eigenvalue weighted by Gasteiger charge is -1.96. The smallest absolute Gasteiger partial charge is 0.277 e. The van der Waals surface area contributed by atoms with E-state index in [-0.39, 0.29) is 5.91 Å². The van der Waals surface area contributed by atoms with Gasteiger partial charge in [0.25, 0.3) is 5.91 Å². The molecular formula is C18H15N5OS. The van der Waals surface area contributed by atoms with Crippen molar-refractivity contribution in [3.63, 3.8) is 0 Å². The molecular weight excluding hydrogens is 334 g/mol. The van der Waals surface area contributed by atoms with Gasteiger partial charge < -0.3 is 4.40 Å². The zero-order valence-corrected chi connectivity index (χ0v) is 14.3. The first kappa shape index (κ1) is 15.5. The Kier molecular flexibility index (Phi) is 3.99. The first-order valence-electron chi connectivity index (χ1n) is 7.80. The van der Waals surface area contributed by atoms with E-state index in [4.69, 9.17) is 0 Å². The number of hydrogen-bond acceptors (Lipinski definition) is 5. The second-order valence-corrected chi connectivity index (χ2v) is 6.78. The third-order valence-electron chi connectivity index (χ3n) is 3.73. The Morgan fingerprint density at radius 1 is 1.20 bits per heavy atom. The molecule has 3 heterocycles. The van der Waals surface area contributed by atoms with Crippen LogP contribution in [-0.2, 0) is 6.42 Å². The summed E-state index contributed by atoms with van der Waals surface area (Å²) in [5.41, 5.74) is 3.35. The van der Waals surface area contributed by atoms with Crippen molar-refractivity contribution in [2.75, 3.05) is 5.32 Å². The Bertz CT molecular complexity index is 1040. The fourth-order valence-corrected chi connectivity index (χ4v) is 3.27. The topological polar surface area (TPSA) is 72.2 Å². The third kappa shape index (κ3) is 3.41. The van der Waals surface area contributed by atoms with E-state index in [1.807, 2.05) is 60.0 Å². The summed E-state index contributed by atoms with van der Waals surface area (Å²) in [5, 5.41) is 12.3. The third-order valence-corrected chi connectivity index (χ3v) is 4.57. The maximum Gasteiger partial charge on any atom is 0.277 e. The van der Waals surface area contributed by atoms with Crippen LogP contribution in [0.3, 0.4) is 0 Å². The molecule has 0 radical (unpaired) electrons. The van der Waals surface area contributed by atoms with Gasteiger partial charge in [0.2, 0.25) is 5.13 Å². The number of rotatable bonds is 4. The minimum Gasteiger partial charge on any atom is -0.306 e. The lowest BCUT2D eigenvalue weighted by molar-refractivity contribution is 0.102. The van der Waals surface area contributed by atoms with Crippen LogP contribution in [0.25, 0.3) is 5.65 Å². The van der Waals surface area contributed by atoms with E-state index >= 15 is 0 Å². The number of pyridine rings is 1. The van der Waals surface area contributed by atoms with Crippen molar-refractivity contribution in [1.29, 1.82) is 0 Å². The average molecular weight is 349 g/mol. The molecule has 4 rings (SSSR count). The van der Waals surface area contributed by atoms with E-state index in [0.717, 1.165) is 21.8 Å². The van der Waals surface area contributed by atoms with E-state index < -0.39 is 0 Å². The molecule has 0 spiro atoms. The van der Waals surface area contributed by atoms with Crippen LogP contribution in [0.5, 0.6) is 0 Å². The van der Waals surface area contributed by atoms with E-state index in [2.05, 4.69) is 20.5 Å². The molecule has 1 aromatic carbocycles. The maximum absolute atomic E-state index is 12.4. The second-order valence-electron chi connectivity index (χ2n) is 5.71. The molecule has 3 aromatic heterocycles. The Morgan fingerprint density at radius 2 is 2.04 bits per heavy atom. The predicted molar refractivity (Wildman–Crippen MR) is 97.0 cm³/mol. The van der Waals surface area contributed by atoms with Crippen molar-refractivity contribution >= 4 is 28.0 Å². The first-order chi connectivity index (χ1) is 12.2. The summed E-state index contributed by atoms with van der Waals surface area (Å²) in [6.45, 7) is 1.99. The standard InChI is InChI=1S/C18H15N5OS/c1-12-7-8-23-11-14(19-15(23)9-12)17(24)20-18-22-21-16(25-18)10-13-5-3-2-4-6-13/h2-9,11H,10H2,1H3,(H,20,22,24). The molecule has 0 atom stereocenters. The number of hydrogen-bond donors (Lipinski definition) is 1. The molecule has 7 heteroatoms. The van der Waals surface area contributed by atoms with Crippen LogP contribution in [-0.4, -0.2) is 25.5 Å². The number of aromatic nitrogens is 4. The number of carbonyl (C=O) groups excluding carboxylic acids is 1. The number of amides is 1. The van der Waals surface area contributed by atoms with E-state index in [1.54, 1.807) is 6.20 Å². The number of anilines is 1. The van der Waals surface area contributed by atoms with Gasteiger partial charge in [0, 0.05) is 18.8 Å². The lowest BCUT2D eigenvalue weighted by atomic mass is 10.2. The highest BCUT2D eigenvalue weighted by atomic mass is 32.1. The predicted octanol–water partition coefficient (Wildman–Crippen LogP) is 3.34. The summed E-state index contributed by atoms with van der Waals surface area (Å²) in [6.07, 6.45) is 4.29. The molecule has 4 aromatic rings. The number of nitrogens with one attached hydrogen (secondary N) is 1. The van der Waals surface area contributed by atoms with Crippen LogP contribution in [0.1, 0.15) is 26.6 Å². The molecule has 0 aliphatic heterocycles. The monoisotopic (exact) mass is 349 g/mol. The van der Waals surface area contributed by atoms with Gasteiger partial charge in [-0.1, -0.05) is 41.7 Å². The molecule has 0 aliphatic rings. The summed E-state index contributed by atoms with van der Waals surface area (Å²) >= 11 is 1.37. The van der Waals surface area contributed by atoms with Gasteiger partial charge in [-0.15, -0.1) is 10.2 Å². The first-order valence-corrected chi connectivity index (χ1v) is 8.62. The molecule has 124 valence electrons. The van der Waals surface area contributed by atoms with E-state index in [1.165, 1.54) is 11.3 Å². The van der Waals surface area contributed by atoms with Gasteiger partial charge in [0.15, 0.2) is 0 Å². The molecule has 0 saturated heterocycles. The van der Waals surface area contributed by atoms with Gasteiger partial charge in [-0.3, -0.25) is 10.1 Å². The molecule has 0 aliphatic carbocycles. The lowest BCUT2D eigenvalue weighted by Crippen LogP contribution is -2.12. The van der Waals surface area contributed by atoms with Gasteiger partial charge >= 0.3 is 0 Å². The zero-order valence-electron chi connectivity index (χ0n) is 13.5. The van der Waals surface area contributed by atoms with Crippen LogP contribution in [0.15, 0.2) is 54.9 Å². The van der Waals surface area contributed by atoms with Gasteiger partial charge in [-0.05, 0) is 30.2 Å². The quantitative estimate of drug-likeness (QED) is 0.613. The highest BCUT2D eigenvalue weighted by Crippen LogP contribution is 2.19. The van der Waals surface area contributed by atoms with Gasteiger partial charge in [0.05, 0.1) is 0 Å². The number of imidazole rings is 1. The fraction of sp³-hybridized carbons (Fsp3) is 0.111. The van der Waals surface area contributed by atoms with Gasteiger partial charge in [-0.2, -0.15) is 0 Å². The summed E-state index contributed by atoms with van der Waals surface area (Å²) in [5.74, 6) is -0.288. The van der Waals surface area contributed by atoms with Crippen LogP contribution in [0.2, 0.25) is 0 Å². The largest absolute Gasteiger partial charge is 0.306 e. The highest BCUT2D eigenvalue weighted by molar-refractivity contribution is 7.15. The Balaban J connectivity index is 1.48. The maximum atomic E-state index is 12.4. The van der Waals surface area contributed by atoms with Crippen LogP contribution >= 0.6 is 11.3 Å². The fourth-order valence-electron chi connectivity index (χ4n) is 2.50. The number of fused-ring (bicyclic) bond motifs is 1. The molecule has 1 amide bonds. The molecule has 0 unspecified atom stereocenters. The average Bonchev–Trinajstić information content (AvgIpc) is 3.22. The zero-order chi connectivity index (χ0) is 17.2. The molecule has 6 nitrogen and oxygen atoms in total. The van der Waals surface area contributed by atoms with Crippen molar-refractivity contribution in [1.82, 2.24) is 19.6 Å². The van der Waals surface area contributed by atoms with Crippen LogP contribution in [0, 0.1) is 6.92 Å². The minimum atomic E-state index is -0.288. The van der Waals surface area contributed by atoms with Crippen LogP contribution < -0.4 is 5.32 Å². The van der Waals surface area contributed by atoms with Crippen molar-refractivity contribution in [2.45, 2.75) is 13.3 Å². The van der Waals surface area contributed by atoms with E-state index in [9.17, 15) is 4.79 Å². The Morgan fingerprint density at radius 3 is 2.88 bits per heavy atom. The number of nitrogens with zero attached hydrogens (tertiary/aromatic N) is 4. The van der Waals surface area contributed by atoms with E-state index in [0.29, 0.717) is 17.2 Å². The molecule has 25 heavy (non-hydrogen) atoms. The summed E-state index contributed by atoms with van der Waals surface area (Å²) in [7, 11) is 0. The van der Waals surface area contributed by atoms with Gasteiger partial charge in [-0.25, -0.2) is 4.98 Å². The number of aryl methyl sites for hydroxylation is 1. The van der Waals surface area contributed by atoms with Crippen LogP contribution in [0.4, 0.5) is 5.13 Å². The summed E-state index contributed by atoms with van der Waals surface area (Å²) in [6, 6.07) is 13.9. The number of carbonyl (C=O) groups is 1. The van der Waals surface area contributed by atoms with Crippen molar-refractivity contribution in [3.05, 3.63) is 76.7 Å². The van der Waals surface area contributed by atoms with Gasteiger partial charge in [0.1, 0.15) is 16.3 Å². The molecule has 1 N–H and O–H groups in total. The van der Waals surface area contributed by atoms with Crippen molar-refractivity contribution in [2.24, 2.45) is 0 Å². The summed E-state index contributed by atoms with van der Waals surface area (Å²) in [4.78, 5) is 16.7. The number of benzene rings is 1. The molecule has 0 saturated carbocycles. The van der Waals surface area contributed by atoms with Crippen molar-refractivity contribution < 1.29 is 4.79 Å². The van der Waals surface area contributed by atoms with Crippen molar-refractivity contribution in [3.8, 4) is 0 Å². The Labute approximate surface area is 148 Å². The SMILES string of the molecule is Cc1ccn2cc(C(=O)Nc3nnc(Cc4ccccc4)s3)nc2c1.